The molecular weight excluding hydrogens is 246 g/mol. The van der Waals surface area contributed by atoms with E-state index in [1.807, 2.05) is 0 Å². The zero-order valence-corrected chi connectivity index (χ0v) is 13.8. The van der Waals surface area contributed by atoms with Crippen molar-refractivity contribution in [1.29, 1.82) is 0 Å². The first-order chi connectivity index (χ1) is 9.10. The fourth-order valence-corrected chi connectivity index (χ4v) is 2.88. The van der Waals surface area contributed by atoms with Gasteiger partial charge in [0.1, 0.15) is 5.75 Å². The molecule has 1 fully saturated rings. The molecule has 2 N–H and O–H groups in total. The Balaban J connectivity index is 2.60. The SMILES string of the molecule is CC(C)(C)c1cc([C@@H]2CCCN2)c(O)c(C(C)(C)C)c1. The Morgan fingerprint density at radius 1 is 1.05 bits per heavy atom. The maximum Gasteiger partial charge on any atom is 0.124 e. The third-order valence-electron chi connectivity index (χ3n) is 4.25. The lowest BCUT2D eigenvalue weighted by Gasteiger charge is -2.29. The maximum absolute atomic E-state index is 10.7. The average Bonchev–Trinajstić information content (AvgIpc) is 2.79. The summed E-state index contributed by atoms with van der Waals surface area (Å²) in [6.45, 7) is 14.3. The van der Waals surface area contributed by atoms with Gasteiger partial charge in [-0.15, -0.1) is 0 Å². The summed E-state index contributed by atoms with van der Waals surface area (Å²) in [5, 5.41) is 14.2. The number of nitrogens with one attached hydrogen (secondary N) is 1. The summed E-state index contributed by atoms with van der Waals surface area (Å²) in [4.78, 5) is 0. The summed E-state index contributed by atoms with van der Waals surface area (Å²) in [7, 11) is 0. The highest BCUT2D eigenvalue weighted by Gasteiger charge is 2.28. The van der Waals surface area contributed by atoms with Crippen molar-refractivity contribution in [3.63, 3.8) is 0 Å². The molecule has 112 valence electrons. The lowest BCUT2D eigenvalue weighted by atomic mass is 9.78. The molecular formula is C18H29NO. The molecule has 2 nitrogen and oxygen atoms in total. The van der Waals surface area contributed by atoms with E-state index < -0.39 is 0 Å². The molecule has 1 aliphatic heterocycles. The fourth-order valence-electron chi connectivity index (χ4n) is 2.88. The van der Waals surface area contributed by atoms with Crippen LogP contribution in [0.15, 0.2) is 12.1 Å². The second kappa shape index (κ2) is 5.07. The van der Waals surface area contributed by atoms with Crippen molar-refractivity contribution in [3.05, 3.63) is 28.8 Å². The fraction of sp³-hybridized carbons (Fsp3) is 0.667. The van der Waals surface area contributed by atoms with Gasteiger partial charge in [-0.25, -0.2) is 0 Å². The van der Waals surface area contributed by atoms with E-state index in [4.69, 9.17) is 0 Å². The number of aromatic hydroxyl groups is 1. The van der Waals surface area contributed by atoms with E-state index in [1.54, 1.807) is 0 Å². The van der Waals surface area contributed by atoms with Crippen LogP contribution in [0.4, 0.5) is 0 Å². The largest absolute Gasteiger partial charge is 0.507 e. The molecule has 2 heteroatoms. The van der Waals surface area contributed by atoms with Crippen LogP contribution in [0.5, 0.6) is 5.75 Å². The molecule has 1 saturated heterocycles. The number of phenols is 1. The first-order valence-electron chi connectivity index (χ1n) is 7.72. The standard InChI is InChI=1S/C18H29NO/c1-17(2,3)12-10-13(15-8-7-9-19-15)16(20)14(11-12)18(4,5)6/h10-11,15,19-20H,7-9H2,1-6H3/t15-/m0/s1. The van der Waals surface area contributed by atoms with Crippen molar-refractivity contribution >= 4 is 0 Å². The van der Waals surface area contributed by atoms with Crippen molar-refractivity contribution in [1.82, 2.24) is 5.32 Å². The summed E-state index contributed by atoms with van der Waals surface area (Å²) in [5.74, 6) is 0.491. The Morgan fingerprint density at radius 2 is 1.70 bits per heavy atom. The van der Waals surface area contributed by atoms with Crippen molar-refractivity contribution < 1.29 is 5.11 Å². The third kappa shape index (κ3) is 3.01. The molecule has 20 heavy (non-hydrogen) atoms. The summed E-state index contributed by atoms with van der Waals surface area (Å²) in [5.41, 5.74) is 3.51. The molecule has 0 aromatic heterocycles. The van der Waals surface area contributed by atoms with Crippen LogP contribution in [-0.4, -0.2) is 11.7 Å². The highest BCUT2D eigenvalue weighted by Crippen LogP contribution is 2.41. The Hall–Kier alpha value is -1.02. The van der Waals surface area contributed by atoms with Crippen LogP contribution in [0.3, 0.4) is 0 Å². The van der Waals surface area contributed by atoms with Crippen LogP contribution in [0.2, 0.25) is 0 Å². The second-order valence-electron chi connectivity index (χ2n) is 8.11. The molecule has 0 bridgehead atoms. The Labute approximate surface area is 123 Å². The predicted molar refractivity (Wildman–Crippen MR) is 85.5 cm³/mol. The van der Waals surface area contributed by atoms with Gasteiger partial charge in [0.05, 0.1) is 0 Å². The first-order valence-corrected chi connectivity index (χ1v) is 7.72. The smallest absolute Gasteiger partial charge is 0.124 e. The highest BCUT2D eigenvalue weighted by atomic mass is 16.3. The molecule has 0 radical (unpaired) electrons. The molecule has 0 unspecified atom stereocenters. The van der Waals surface area contributed by atoms with Crippen LogP contribution < -0.4 is 5.32 Å². The minimum Gasteiger partial charge on any atom is -0.507 e. The topological polar surface area (TPSA) is 32.3 Å². The number of hydrogen-bond acceptors (Lipinski definition) is 2. The number of rotatable bonds is 1. The van der Waals surface area contributed by atoms with Gasteiger partial charge in [0.2, 0.25) is 0 Å². The van der Waals surface area contributed by atoms with Gasteiger partial charge in [0.25, 0.3) is 0 Å². The third-order valence-corrected chi connectivity index (χ3v) is 4.25. The minimum absolute atomic E-state index is 0.0430. The molecule has 0 spiro atoms. The van der Waals surface area contributed by atoms with E-state index >= 15 is 0 Å². The minimum atomic E-state index is -0.0430. The van der Waals surface area contributed by atoms with E-state index in [0.29, 0.717) is 11.8 Å². The zero-order valence-electron chi connectivity index (χ0n) is 13.8. The molecule has 0 saturated carbocycles. The van der Waals surface area contributed by atoms with E-state index in [1.165, 1.54) is 12.0 Å². The van der Waals surface area contributed by atoms with Gasteiger partial charge in [0, 0.05) is 11.6 Å². The Bertz CT molecular complexity index is 485. The van der Waals surface area contributed by atoms with Crippen molar-refractivity contribution in [2.24, 2.45) is 0 Å². The van der Waals surface area contributed by atoms with Gasteiger partial charge < -0.3 is 10.4 Å². The van der Waals surface area contributed by atoms with E-state index in [2.05, 4.69) is 59.0 Å². The van der Waals surface area contributed by atoms with Crippen LogP contribution in [0.1, 0.15) is 77.1 Å². The summed E-state index contributed by atoms with van der Waals surface area (Å²) < 4.78 is 0. The van der Waals surface area contributed by atoms with Gasteiger partial charge >= 0.3 is 0 Å². The van der Waals surface area contributed by atoms with Gasteiger partial charge in [-0.3, -0.25) is 0 Å². The molecule has 1 atom stereocenters. The summed E-state index contributed by atoms with van der Waals surface area (Å²) >= 11 is 0. The first kappa shape index (κ1) is 15.4. The molecule has 0 amide bonds. The van der Waals surface area contributed by atoms with Crippen molar-refractivity contribution in [2.75, 3.05) is 6.54 Å². The van der Waals surface area contributed by atoms with Crippen molar-refractivity contribution in [2.45, 2.75) is 71.3 Å². The molecule has 0 aliphatic carbocycles. The maximum atomic E-state index is 10.7. The van der Waals surface area contributed by atoms with E-state index in [-0.39, 0.29) is 10.8 Å². The molecule has 2 rings (SSSR count). The lowest BCUT2D eigenvalue weighted by Crippen LogP contribution is -2.20. The lowest BCUT2D eigenvalue weighted by molar-refractivity contribution is 0.429. The molecule has 1 heterocycles. The summed E-state index contributed by atoms with van der Waals surface area (Å²) in [6.07, 6.45) is 2.31. The second-order valence-corrected chi connectivity index (χ2v) is 8.11. The van der Waals surface area contributed by atoms with Crippen LogP contribution in [0, 0.1) is 0 Å². The quantitative estimate of drug-likeness (QED) is 0.795. The molecule has 1 aromatic carbocycles. The number of benzene rings is 1. The monoisotopic (exact) mass is 275 g/mol. The van der Waals surface area contributed by atoms with Gasteiger partial charge in [-0.1, -0.05) is 47.6 Å². The predicted octanol–water partition coefficient (Wildman–Crippen LogP) is 4.41. The molecule has 1 aromatic rings. The number of phenolic OH excluding ortho intramolecular Hbond substituents is 1. The highest BCUT2D eigenvalue weighted by molar-refractivity contribution is 5.50. The van der Waals surface area contributed by atoms with Crippen molar-refractivity contribution in [3.8, 4) is 5.75 Å². The Morgan fingerprint density at radius 3 is 2.15 bits per heavy atom. The Kier molecular flexibility index (Phi) is 3.90. The van der Waals surface area contributed by atoms with Crippen LogP contribution in [0.25, 0.3) is 0 Å². The number of hydrogen-bond donors (Lipinski definition) is 2. The van der Waals surface area contributed by atoms with Crippen LogP contribution >= 0.6 is 0 Å². The normalized spacial score (nSPS) is 20.4. The zero-order chi connectivity index (χ0) is 15.1. The molecule has 1 aliphatic rings. The van der Waals surface area contributed by atoms with Gasteiger partial charge in [-0.2, -0.15) is 0 Å². The van der Waals surface area contributed by atoms with Gasteiger partial charge in [-0.05, 0) is 47.4 Å². The van der Waals surface area contributed by atoms with E-state index in [0.717, 1.165) is 24.1 Å². The summed E-state index contributed by atoms with van der Waals surface area (Å²) in [6, 6.07) is 4.69. The van der Waals surface area contributed by atoms with Crippen LogP contribution in [-0.2, 0) is 10.8 Å². The van der Waals surface area contributed by atoms with E-state index in [9.17, 15) is 5.11 Å². The van der Waals surface area contributed by atoms with Gasteiger partial charge in [0.15, 0.2) is 0 Å². The average molecular weight is 275 g/mol.